The minimum atomic E-state index is -0.101. The molecule has 0 spiro atoms. The molecule has 2 rings (SSSR count). The number of carbonyl (C=O) groups excluding carboxylic acids is 2. The van der Waals surface area contributed by atoms with E-state index in [0.717, 1.165) is 26.2 Å². The molecule has 1 unspecified atom stereocenters. The van der Waals surface area contributed by atoms with E-state index in [1.165, 1.54) is 0 Å². The molecule has 0 aromatic heterocycles. The molecule has 0 bridgehead atoms. The Kier molecular flexibility index (Phi) is 6.73. The highest BCUT2D eigenvalue weighted by Crippen LogP contribution is 2.19. The Balaban J connectivity index is 1.88. The van der Waals surface area contributed by atoms with Gasteiger partial charge in [-0.05, 0) is 42.8 Å². The molecule has 2 amide bonds. The third kappa shape index (κ3) is 5.69. The maximum Gasteiger partial charge on any atom is 0.279 e. The van der Waals surface area contributed by atoms with Crippen molar-refractivity contribution < 1.29 is 14.5 Å². The van der Waals surface area contributed by atoms with Crippen LogP contribution in [-0.4, -0.2) is 32.5 Å². The fourth-order valence-electron chi connectivity index (χ4n) is 2.53. The standard InChI is InChI=1S/C19H22BrN3O2/c1-13-10-16(8-9-17(13)20)22-18(24)12-23(3)11-14-4-6-15(7-5-14)19(25)21-2/h4-10H,11-12H2,1-3H3,(H,21,25)(H,22,24)/p+1. The predicted molar refractivity (Wildman–Crippen MR) is 103 cm³/mol. The lowest BCUT2D eigenvalue weighted by Crippen LogP contribution is -3.08. The van der Waals surface area contributed by atoms with Gasteiger partial charge in [0.1, 0.15) is 6.54 Å². The number of amides is 2. The molecular weight excluding hydrogens is 382 g/mol. The average molecular weight is 405 g/mol. The van der Waals surface area contributed by atoms with Crippen LogP contribution in [0.2, 0.25) is 0 Å². The Morgan fingerprint density at radius 3 is 2.40 bits per heavy atom. The van der Waals surface area contributed by atoms with Crippen LogP contribution in [0.3, 0.4) is 0 Å². The zero-order chi connectivity index (χ0) is 18.4. The summed E-state index contributed by atoms with van der Waals surface area (Å²) in [6.07, 6.45) is 0. The highest BCUT2D eigenvalue weighted by atomic mass is 79.9. The molecule has 0 aliphatic heterocycles. The molecule has 0 radical (unpaired) electrons. The lowest BCUT2D eigenvalue weighted by atomic mass is 10.1. The van der Waals surface area contributed by atoms with Gasteiger partial charge in [0.15, 0.2) is 6.54 Å². The zero-order valence-corrected chi connectivity index (χ0v) is 16.2. The summed E-state index contributed by atoms with van der Waals surface area (Å²) >= 11 is 3.45. The summed E-state index contributed by atoms with van der Waals surface area (Å²) in [5.41, 5.74) is 3.59. The van der Waals surface area contributed by atoms with Crippen LogP contribution in [0, 0.1) is 6.92 Å². The second-order valence-electron chi connectivity index (χ2n) is 6.10. The van der Waals surface area contributed by atoms with E-state index >= 15 is 0 Å². The average Bonchev–Trinajstić information content (AvgIpc) is 2.58. The van der Waals surface area contributed by atoms with E-state index in [1.807, 2.05) is 44.3 Å². The molecule has 0 fully saturated rings. The number of anilines is 1. The summed E-state index contributed by atoms with van der Waals surface area (Å²) in [7, 11) is 3.58. The largest absolute Gasteiger partial charge is 0.355 e. The summed E-state index contributed by atoms with van der Waals surface area (Å²) in [4.78, 5) is 24.8. The van der Waals surface area contributed by atoms with E-state index in [0.29, 0.717) is 18.7 Å². The van der Waals surface area contributed by atoms with Crippen molar-refractivity contribution in [2.45, 2.75) is 13.5 Å². The minimum absolute atomic E-state index is 0.0267. The van der Waals surface area contributed by atoms with Crippen molar-refractivity contribution in [3.63, 3.8) is 0 Å². The van der Waals surface area contributed by atoms with Crippen LogP contribution in [0.4, 0.5) is 5.69 Å². The third-order valence-corrected chi connectivity index (χ3v) is 4.74. The van der Waals surface area contributed by atoms with E-state index in [-0.39, 0.29) is 11.8 Å². The Morgan fingerprint density at radius 1 is 1.12 bits per heavy atom. The van der Waals surface area contributed by atoms with Crippen molar-refractivity contribution in [1.29, 1.82) is 0 Å². The summed E-state index contributed by atoms with van der Waals surface area (Å²) in [5, 5.41) is 5.52. The molecule has 6 heteroatoms. The molecule has 2 aromatic carbocycles. The zero-order valence-electron chi connectivity index (χ0n) is 14.7. The SMILES string of the molecule is CNC(=O)c1ccc(C[NH+](C)CC(=O)Nc2ccc(Br)c(C)c2)cc1. The smallest absolute Gasteiger partial charge is 0.279 e. The second-order valence-corrected chi connectivity index (χ2v) is 6.95. The van der Waals surface area contributed by atoms with E-state index < -0.39 is 0 Å². The third-order valence-electron chi connectivity index (χ3n) is 3.85. The van der Waals surface area contributed by atoms with Gasteiger partial charge in [-0.1, -0.05) is 28.1 Å². The fourth-order valence-corrected chi connectivity index (χ4v) is 2.78. The van der Waals surface area contributed by atoms with Gasteiger partial charge in [0.05, 0.1) is 7.05 Å². The van der Waals surface area contributed by atoms with Gasteiger partial charge in [0.2, 0.25) is 0 Å². The van der Waals surface area contributed by atoms with Crippen LogP contribution in [0.5, 0.6) is 0 Å². The van der Waals surface area contributed by atoms with E-state index in [1.54, 1.807) is 19.2 Å². The summed E-state index contributed by atoms with van der Waals surface area (Å²) in [5.74, 6) is -0.127. The van der Waals surface area contributed by atoms with E-state index in [9.17, 15) is 9.59 Å². The molecule has 0 saturated carbocycles. The number of hydrogen-bond donors (Lipinski definition) is 3. The van der Waals surface area contributed by atoms with Crippen LogP contribution in [0.1, 0.15) is 21.5 Å². The maximum absolute atomic E-state index is 12.2. The highest BCUT2D eigenvalue weighted by Gasteiger charge is 2.12. The maximum atomic E-state index is 12.2. The van der Waals surface area contributed by atoms with Crippen LogP contribution in [-0.2, 0) is 11.3 Å². The minimum Gasteiger partial charge on any atom is -0.355 e. The van der Waals surface area contributed by atoms with Crippen molar-refractivity contribution in [1.82, 2.24) is 5.32 Å². The second kappa shape index (κ2) is 8.78. The molecule has 2 aromatic rings. The number of hydrogen-bond acceptors (Lipinski definition) is 2. The Labute approximate surface area is 156 Å². The van der Waals surface area contributed by atoms with Crippen molar-refractivity contribution in [2.24, 2.45) is 0 Å². The first-order chi connectivity index (χ1) is 11.9. The van der Waals surface area contributed by atoms with Crippen LogP contribution < -0.4 is 15.5 Å². The quantitative estimate of drug-likeness (QED) is 0.686. The van der Waals surface area contributed by atoms with Gasteiger partial charge in [0.25, 0.3) is 11.8 Å². The predicted octanol–water partition coefficient (Wildman–Crippen LogP) is 1.77. The van der Waals surface area contributed by atoms with Gasteiger partial charge in [-0.2, -0.15) is 0 Å². The molecule has 0 saturated heterocycles. The Morgan fingerprint density at radius 2 is 1.80 bits per heavy atom. The first-order valence-electron chi connectivity index (χ1n) is 8.07. The summed E-state index contributed by atoms with van der Waals surface area (Å²) < 4.78 is 1.02. The summed E-state index contributed by atoms with van der Waals surface area (Å²) in [6, 6.07) is 13.2. The number of nitrogens with one attached hydrogen (secondary N) is 3. The van der Waals surface area contributed by atoms with Gasteiger partial charge in [-0.25, -0.2) is 0 Å². The Hall–Kier alpha value is -2.18. The number of carbonyl (C=O) groups is 2. The van der Waals surface area contributed by atoms with Crippen molar-refractivity contribution in [3.8, 4) is 0 Å². The molecule has 0 aliphatic rings. The molecule has 132 valence electrons. The van der Waals surface area contributed by atoms with Gasteiger partial charge in [0, 0.05) is 28.3 Å². The first-order valence-corrected chi connectivity index (χ1v) is 8.86. The lowest BCUT2D eigenvalue weighted by molar-refractivity contribution is -0.885. The fraction of sp³-hybridized carbons (Fsp3) is 0.263. The molecule has 0 aliphatic carbocycles. The first kappa shape index (κ1) is 19.1. The number of aryl methyl sites for hydroxylation is 1. The van der Waals surface area contributed by atoms with Crippen LogP contribution in [0.25, 0.3) is 0 Å². The van der Waals surface area contributed by atoms with E-state index in [2.05, 4.69) is 26.6 Å². The van der Waals surface area contributed by atoms with Crippen molar-refractivity contribution in [3.05, 3.63) is 63.6 Å². The molecule has 5 nitrogen and oxygen atoms in total. The van der Waals surface area contributed by atoms with Gasteiger partial charge < -0.3 is 15.5 Å². The van der Waals surface area contributed by atoms with Crippen molar-refractivity contribution in [2.75, 3.05) is 26.0 Å². The number of rotatable bonds is 6. The van der Waals surface area contributed by atoms with Crippen molar-refractivity contribution >= 4 is 33.4 Å². The topological polar surface area (TPSA) is 62.6 Å². The van der Waals surface area contributed by atoms with Gasteiger partial charge in [-0.3, -0.25) is 9.59 Å². The van der Waals surface area contributed by atoms with Gasteiger partial charge in [-0.15, -0.1) is 0 Å². The van der Waals surface area contributed by atoms with Crippen LogP contribution in [0.15, 0.2) is 46.9 Å². The number of benzene rings is 2. The van der Waals surface area contributed by atoms with Crippen LogP contribution >= 0.6 is 15.9 Å². The van der Waals surface area contributed by atoms with E-state index in [4.69, 9.17) is 0 Å². The number of halogens is 1. The molecule has 25 heavy (non-hydrogen) atoms. The normalized spacial score (nSPS) is 11.7. The Bertz CT molecular complexity index is 760. The number of quaternary nitrogens is 1. The molecular formula is C19H23BrN3O2+. The molecule has 0 heterocycles. The monoisotopic (exact) mass is 404 g/mol. The number of likely N-dealkylation sites (N-methyl/N-ethyl adjacent to an activating group) is 1. The summed E-state index contributed by atoms with van der Waals surface area (Å²) in [6.45, 7) is 3.06. The molecule has 1 atom stereocenters. The highest BCUT2D eigenvalue weighted by molar-refractivity contribution is 9.10. The molecule has 3 N–H and O–H groups in total. The lowest BCUT2D eigenvalue weighted by Gasteiger charge is -2.14. The van der Waals surface area contributed by atoms with Gasteiger partial charge >= 0.3 is 0 Å².